The first-order chi connectivity index (χ1) is 8.40. The summed E-state index contributed by atoms with van der Waals surface area (Å²) in [5.74, 6) is 4.59. The fourth-order valence-corrected chi connectivity index (χ4v) is 1.27. The van der Waals surface area contributed by atoms with E-state index >= 15 is 0 Å². The second kappa shape index (κ2) is 6.36. The van der Waals surface area contributed by atoms with Gasteiger partial charge in [0, 0.05) is 0 Å². The molecule has 1 aromatic rings. The van der Waals surface area contributed by atoms with Crippen molar-refractivity contribution in [2.75, 3.05) is 6.61 Å². The topological polar surface area (TPSA) is 64.3 Å². The van der Waals surface area contributed by atoms with Crippen molar-refractivity contribution in [1.82, 2.24) is 5.43 Å². The van der Waals surface area contributed by atoms with Crippen molar-refractivity contribution < 1.29 is 22.7 Å². The monoisotopic (exact) mass is 262 g/mol. The maximum Gasteiger partial charge on any atom is 0.411 e. The average Bonchev–Trinajstić information content (AvgIpc) is 2.29. The van der Waals surface area contributed by atoms with Crippen LogP contribution < -0.4 is 11.3 Å². The highest BCUT2D eigenvalue weighted by Crippen LogP contribution is 2.15. The Morgan fingerprint density at radius 1 is 1.22 bits per heavy atom. The molecule has 1 amide bonds. The SMILES string of the molecule is NNC(=O)Cc1ccc(COCC(F)(F)F)cc1. The van der Waals surface area contributed by atoms with Crippen LogP contribution in [0.1, 0.15) is 11.1 Å². The van der Waals surface area contributed by atoms with Gasteiger partial charge >= 0.3 is 6.18 Å². The van der Waals surface area contributed by atoms with Crippen molar-refractivity contribution in [1.29, 1.82) is 0 Å². The molecule has 0 heterocycles. The molecule has 3 N–H and O–H groups in total. The second-order valence-corrected chi connectivity index (χ2v) is 3.67. The predicted octanol–water partition coefficient (Wildman–Crippen LogP) is 1.30. The summed E-state index contributed by atoms with van der Waals surface area (Å²) in [7, 11) is 0. The molecule has 0 fully saturated rings. The zero-order valence-corrected chi connectivity index (χ0v) is 9.46. The van der Waals surface area contributed by atoms with Crippen LogP contribution in [0, 0.1) is 0 Å². The van der Waals surface area contributed by atoms with E-state index in [0.29, 0.717) is 5.56 Å². The fraction of sp³-hybridized carbons (Fsp3) is 0.364. The van der Waals surface area contributed by atoms with E-state index in [1.807, 2.05) is 5.43 Å². The molecule has 0 bridgehead atoms. The average molecular weight is 262 g/mol. The van der Waals surface area contributed by atoms with Gasteiger partial charge in [-0.15, -0.1) is 0 Å². The lowest BCUT2D eigenvalue weighted by Gasteiger charge is -2.08. The number of hydrazine groups is 1. The summed E-state index contributed by atoms with van der Waals surface area (Å²) in [4.78, 5) is 11.0. The number of nitrogens with one attached hydrogen (secondary N) is 1. The van der Waals surface area contributed by atoms with E-state index in [9.17, 15) is 18.0 Å². The molecule has 0 atom stereocenters. The number of carbonyl (C=O) groups excluding carboxylic acids is 1. The van der Waals surface area contributed by atoms with Crippen LogP contribution in [-0.4, -0.2) is 18.7 Å². The zero-order chi connectivity index (χ0) is 13.6. The van der Waals surface area contributed by atoms with Crippen molar-refractivity contribution in [3.63, 3.8) is 0 Å². The molecule has 0 spiro atoms. The summed E-state index contributed by atoms with van der Waals surface area (Å²) in [6, 6.07) is 6.49. The first-order valence-electron chi connectivity index (χ1n) is 5.12. The maximum absolute atomic E-state index is 11.8. The summed E-state index contributed by atoms with van der Waals surface area (Å²) < 4.78 is 40.0. The minimum Gasteiger partial charge on any atom is -0.367 e. The number of halogens is 3. The fourth-order valence-electron chi connectivity index (χ4n) is 1.27. The van der Waals surface area contributed by atoms with E-state index in [-0.39, 0.29) is 18.9 Å². The van der Waals surface area contributed by atoms with Gasteiger partial charge in [0.05, 0.1) is 13.0 Å². The number of benzene rings is 1. The van der Waals surface area contributed by atoms with Gasteiger partial charge in [-0.3, -0.25) is 10.2 Å². The number of nitrogens with two attached hydrogens (primary N) is 1. The Balaban J connectivity index is 2.43. The van der Waals surface area contributed by atoms with Crippen LogP contribution in [0.25, 0.3) is 0 Å². The van der Waals surface area contributed by atoms with Gasteiger partial charge < -0.3 is 4.74 Å². The van der Waals surface area contributed by atoms with Gasteiger partial charge in [0.1, 0.15) is 6.61 Å². The van der Waals surface area contributed by atoms with Gasteiger partial charge in [0.15, 0.2) is 0 Å². The number of alkyl halides is 3. The molecule has 1 aromatic carbocycles. The van der Waals surface area contributed by atoms with E-state index in [1.54, 1.807) is 24.3 Å². The second-order valence-electron chi connectivity index (χ2n) is 3.67. The van der Waals surface area contributed by atoms with Crippen LogP contribution in [0.3, 0.4) is 0 Å². The van der Waals surface area contributed by atoms with Gasteiger partial charge in [-0.25, -0.2) is 5.84 Å². The van der Waals surface area contributed by atoms with Crippen molar-refractivity contribution in [2.45, 2.75) is 19.2 Å². The van der Waals surface area contributed by atoms with E-state index < -0.39 is 12.8 Å². The minimum absolute atomic E-state index is 0.122. The van der Waals surface area contributed by atoms with E-state index in [1.165, 1.54) is 0 Å². The molecule has 0 unspecified atom stereocenters. The Kier molecular flexibility index (Phi) is 5.11. The number of carbonyl (C=O) groups is 1. The maximum atomic E-state index is 11.8. The third kappa shape index (κ3) is 5.65. The molecule has 0 aliphatic rings. The largest absolute Gasteiger partial charge is 0.411 e. The lowest BCUT2D eigenvalue weighted by molar-refractivity contribution is -0.176. The zero-order valence-electron chi connectivity index (χ0n) is 9.46. The summed E-state index contributed by atoms with van der Waals surface area (Å²) in [5.41, 5.74) is 3.32. The van der Waals surface area contributed by atoms with E-state index in [2.05, 4.69) is 4.74 Å². The molecular formula is C11H13F3N2O2. The Bertz CT molecular complexity index is 390. The smallest absolute Gasteiger partial charge is 0.367 e. The van der Waals surface area contributed by atoms with E-state index in [0.717, 1.165) is 5.56 Å². The minimum atomic E-state index is -4.32. The van der Waals surface area contributed by atoms with Gasteiger partial charge in [-0.05, 0) is 11.1 Å². The van der Waals surface area contributed by atoms with Crippen LogP contribution in [0.2, 0.25) is 0 Å². The molecule has 0 radical (unpaired) electrons. The number of rotatable bonds is 5. The lowest BCUT2D eigenvalue weighted by Crippen LogP contribution is -2.31. The number of amides is 1. The van der Waals surface area contributed by atoms with Crippen molar-refractivity contribution >= 4 is 5.91 Å². The summed E-state index contributed by atoms with van der Waals surface area (Å²) in [6.07, 6.45) is -4.20. The van der Waals surface area contributed by atoms with E-state index in [4.69, 9.17) is 5.84 Å². The number of hydrogen-bond acceptors (Lipinski definition) is 3. The molecule has 7 heteroatoms. The Morgan fingerprint density at radius 3 is 2.28 bits per heavy atom. The third-order valence-electron chi connectivity index (χ3n) is 2.08. The molecule has 0 saturated heterocycles. The molecule has 18 heavy (non-hydrogen) atoms. The summed E-state index contributed by atoms with van der Waals surface area (Å²) >= 11 is 0. The van der Waals surface area contributed by atoms with Gasteiger partial charge in [0.25, 0.3) is 0 Å². The molecule has 0 aliphatic carbocycles. The van der Waals surface area contributed by atoms with Crippen LogP contribution in [0.5, 0.6) is 0 Å². The third-order valence-corrected chi connectivity index (χ3v) is 2.08. The Hall–Kier alpha value is -1.60. The lowest BCUT2D eigenvalue weighted by atomic mass is 10.1. The molecule has 1 rings (SSSR count). The van der Waals surface area contributed by atoms with Crippen LogP contribution in [0.4, 0.5) is 13.2 Å². The first-order valence-corrected chi connectivity index (χ1v) is 5.12. The van der Waals surface area contributed by atoms with Crippen LogP contribution >= 0.6 is 0 Å². The predicted molar refractivity (Wildman–Crippen MR) is 58.2 cm³/mol. The van der Waals surface area contributed by atoms with Gasteiger partial charge in [-0.1, -0.05) is 24.3 Å². The highest BCUT2D eigenvalue weighted by molar-refractivity contribution is 5.77. The number of ether oxygens (including phenoxy) is 1. The van der Waals surface area contributed by atoms with Crippen molar-refractivity contribution in [3.8, 4) is 0 Å². The quantitative estimate of drug-likeness (QED) is 0.477. The molecule has 4 nitrogen and oxygen atoms in total. The molecule has 0 aliphatic heterocycles. The molecule has 0 aromatic heterocycles. The Morgan fingerprint density at radius 2 is 1.78 bits per heavy atom. The molecule has 0 saturated carbocycles. The number of hydrogen-bond donors (Lipinski definition) is 2. The summed E-state index contributed by atoms with van der Waals surface area (Å²) in [5, 5.41) is 0. The van der Waals surface area contributed by atoms with Gasteiger partial charge in [0.2, 0.25) is 5.91 Å². The first kappa shape index (κ1) is 14.5. The molecular weight excluding hydrogens is 249 g/mol. The Labute approximate surface area is 102 Å². The van der Waals surface area contributed by atoms with Gasteiger partial charge in [-0.2, -0.15) is 13.2 Å². The van der Waals surface area contributed by atoms with Crippen molar-refractivity contribution in [3.05, 3.63) is 35.4 Å². The van der Waals surface area contributed by atoms with Crippen molar-refractivity contribution in [2.24, 2.45) is 5.84 Å². The summed E-state index contributed by atoms with van der Waals surface area (Å²) in [6.45, 7) is -1.40. The standard InChI is InChI=1S/C11H13F3N2O2/c12-11(13,14)7-18-6-9-3-1-8(2-4-9)5-10(17)16-15/h1-4H,5-7,15H2,(H,16,17). The molecule has 100 valence electrons. The normalized spacial score (nSPS) is 11.3. The highest BCUT2D eigenvalue weighted by atomic mass is 19.4. The van der Waals surface area contributed by atoms with Crippen LogP contribution in [0.15, 0.2) is 24.3 Å². The van der Waals surface area contributed by atoms with Crippen LogP contribution in [-0.2, 0) is 22.6 Å². The highest BCUT2D eigenvalue weighted by Gasteiger charge is 2.27.